The highest BCUT2D eigenvalue weighted by Crippen LogP contribution is 2.26. The first kappa shape index (κ1) is 20.1. The lowest BCUT2D eigenvalue weighted by atomic mass is 10.1. The summed E-state index contributed by atoms with van der Waals surface area (Å²) in [5.74, 6) is -4.60. The first-order valence-corrected chi connectivity index (χ1v) is 8.54. The van der Waals surface area contributed by atoms with Gasteiger partial charge in [-0.2, -0.15) is 8.78 Å². The van der Waals surface area contributed by atoms with Crippen molar-refractivity contribution in [2.24, 2.45) is 0 Å². The van der Waals surface area contributed by atoms with E-state index in [-0.39, 0.29) is 10.6 Å². The molecule has 0 fully saturated rings. The van der Waals surface area contributed by atoms with Crippen molar-refractivity contribution < 1.29 is 27.5 Å². The van der Waals surface area contributed by atoms with Gasteiger partial charge in [0.05, 0.1) is 6.42 Å². The third-order valence-electron chi connectivity index (χ3n) is 3.11. The van der Waals surface area contributed by atoms with Gasteiger partial charge in [-0.15, -0.1) is 0 Å². The van der Waals surface area contributed by atoms with Crippen molar-refractivity contribution in [2.45, 2.75) is 17.1 Å². The van der Waals surface area contributed by atoms with Gasteiger partial charge in [-0.3, -0.25) is 9.59 Å². The van der Waals surface area contributed by atoms with E-state index in [9.17, 15) is 22.8 Å². The van der Waals surface area contributed by atoms with Crippen LogP contribution >= 0.6 is 23.4 Å². The number of carbonyl (C=O) groups excluding carboxylic acids is 2. The van der Waals surface area contributed by atoms with Gasteiger partial charge >= 0.3 is 5.97 Å². The Morgan fingerprint density at radius 3 is 2.46 bits per heavy atom. The second-order valence-corrected chi connectivity index (χ2v) is 6.46. The lowest BCUT2D eigenvalue weighted by molar-refractivity contribution is -0.146. The smallest absolute Gasteiger partial charge is 0.310 e. The van der Waals surface area contributed by atoms with Crippen molar-refractivity contribution in [1.82, 2.24) is 0 Å². The molecule has 0 heterocycles. The van der Waals surface area contributed by atoms with Crippen LogP contribution in [0, 0.1) is 5.82 Å². The van der Waals surface area contributed by atoms with Gasteiger partial charge in [0.1, 0.15) is 5.82 Å². The zero-order valence-corrected chi connectivity index (χ0v) is 14.8. The Bertz CT molecular complexity index is 767. The second kappa shape index (κ2) is 9.49. The van der Waals surface area contributed by atoms with Crippen LogP contribution in [-0.4, -0.2) is 24.2 Å². The van der Waals surface area contributed by atoms with Crippen LogP contribution in [0.2, 0.25) is 5.02 Å². The van der Waals surface area contributed by atoms with E-state index < -0.39 is 36.5 Å². The summed E-state index contributed by atoms with van der Waals surface area (Å²) >= 11 is 6.20. The fourth-order valence-corrected chi connectivity index (χ4v) is 2.69. The highest BCUT2D eigenvalue weighted by Gasteiger charge is 2.14. The molecular weight excluding hydrogens is 391 g/mol. The third kappa shape index (κ3) is 6.27. The molecule has 2 aromatic carbocycles. The molecular formula is C17H13ClF3NO3S. The van der Waals surface area contributed by atoms with Crippen LogP contribution in [0.15, 0.2) is 47.4 Å². The third-order valence-corrected chi connectivity index (χ3v) is 4.19. The molecule has 0 spiro atoms. The second-order valence-electron chi connectivity index (χ2n) is 4.99. The van der Waals surface area contributed by atoms with E-state index in [1.165, 1.54) is 36.4 Å². The summed E-state index contributed by atoms with van der Waals surface area (Å²) in [5.41, 5.74) is 0.355. The van der Waals surface area contributed by atoms with Crippen molar-refractivity contribution in [3.8, 4) is 0 Å². The van der Waals surface area contributed by atoms with Gasteiger partial charge in [-0.05, 0) is 36.4 Å². The summed E-state index contributed by atoms with van der Waals surface area (Å²) in [6.45, 7) is -0.571. The number of hydrogen-bond donors (Lipinski definition) is 1. The molecule has 0 unspecified atom stereocenters. The molecule has 2 aromatic rings. The molecule has 0 aromatic heterocycles. The van der Waals surface area contributed by atoms with Crippen LogP contribution in [0.1, 0.15) is 5.56 Å². The average molecular weight is 404 g/mol. The van der Waals surface area contributed by atoms with Crippen molar-refractivity contribution in [3.05, 3.63) is 58.9 Å². The van der Waals surface area contributed by atoms with E-state index in [1.807, 2.05) is 0 Å². The minimum atomic E-state index is -2.53. The molecule has 4 nitrogen and oxygen atoms in total. The van der Waals surface area contributed by atoms with Gasteiger partial charge in [0, 0.05) is 21.2 Å². The quantitative estimate of drug-likeness (QED) is 0.545. The maximum absolute atomic E-state index is 13.6. The number of halogens is 4. The summed E-state index contributed by atoms with van der Waals surface area (Å²) in [4.78, 5) is 23.8. The minimum absolute atomic E-state index is 0.00769. The number of nitrogens with one attached hydrogen (secondary N) is 1. The highest BCUT2D eigenvalue weighted by atomic mass is 35.5. The summed E-state index contributed by atoms with van der Waals surface area (Å²) in [5, 5.41) is 2.54. The van der Waals surface area contributed by atoms with Gasteiger partial charge in [-0.1, -0.05) is 29.4 Å². The maximum Gasteiger partial charge on any atom is 0.310 e. The number of rotatable bonds is 7. The molecule has 0 radical (unpaired) electrons. The topological polar surface area (TPSA) is 55.4 Å². The normalized spacial score (nSPS) is 10.7. The fourth-order valence-electron chi connectivity index (χ4n) is 1.96. The van der Waals surface area contributed by atoms with E-state index in [0.29, 0.717) is 22.3 Å². The Morgan fingerprint density at radius 2 is 1.85 bits per heavy atom. The fraction of sp³-hybridized carbons (Fsp3) is 0.176. The largest absolute Gasteiger partial charge is 0.455 e. The first-order valence-electron chi connectivity index (χ1n) is 7.28. The summed E-state index contributed by atoms with van der Waals surface area (Å²) in [7, 11) is 0. The number of esters is 1. The molecule has 0 aliphatic heterocycles. The maximum atomic E-state index is 13.6. The molecule has 138 valence electrons. The lowest BCUT2D eigenvalue weighted by Gasteiger charge is -2.08. The Hall–Kier alpha value is -2.19. The molecule has 0 aliphatic carbocycles. The van der Waals surface area contributed by atoms with E-state index in [0.717, 1.165) is 6.07 Å². The molecule has 2 rings (SSSR count). The predicted octanol–water partition coefficient (Wildman–Crippen LogP) is 4.52. The number of hydrogen-bond acceptors (Lipinski definition) is 4. The molecule has 26 heavy (non-hydrogen) atoms. The number of ether oxygens (including phenoxy) is 1. The van der Waals surface area contributed by atoms with Crippen LogP contribution in [0.5, 0.6) is 0 Å². The molecule has 0 saturated heterocycles. The predicted molar refractivity (Wildman–Crippen MR) is 93.0 cm³/mol. The van der Waals surface area contributed by atoms with Crippen molar-refractivity contribution in [3.63, 3.8) is 0 Å². The zero-order valence-electron chi connectivity index (χ0n) is 13.2. The summed E-state index contributed by atoms with van der Waals surface area (Å²) < 4.78 is 42.8. The van der Waals surface area contributed by atoms with E-state index in [4.69, 9.17) is 16.3 Å². The van der Waals surface area contributed by atoms with Crippen molar-refractivity contribution in [2.75, 3.05) is 11.9 Å². The molecule has 1 N–H and O–H groups in total. The molecule has 0 aliphatic rings. The zero-order chi connectivity index (χ0) is 19.1. The molecule has 9 heteroatoms. The standard InChI is InChI=1S/C17H13ClF3NO3S/c18-13-2-1-3-14(19)12(13)8-16(24)25-9-15(23)22-10-4-6-11(7-5-10)26-17(20)21/h1-7,17H,8-9H2,(H,22,23). The number of thioether (sulfide) groups is 1. The van der Waals surface area contributed by atoms with Crippen LogP contribution in [0.4, 0.5) is 18.9 Å². The van der Waals surface area contributed by atoms with E-state index >= 15 is 0 Å². The van der Waals surface area contributed by atoms with E-state index in [2.05, 4.69) is 5.32 Å². The van der Waals surface area contributed by atoms with Crippen molar-refractivity contribution >= 4 is 40.9 Å². The monoisotopic (exact) mass is 403 g/mol. The lowest BCUT2D eigenvalue weighted by Crippen LogP contribution is -2.21. The Labute approximate surface area is 156 Å². The van der Waals surface area contributed by atoms with E-state index in [1.54, 1.807) is 0 Å². The highest BCUT2D eigenvalue weighted by molar-refractivity contribution is 7.99. The van der Waals surface area contributed by atoms with Gasteiger partial charge in [0.2, 0.25) is 0 Å². The first-order chi connectivity index (χ1) is 12.3. The Kier molecular flexibility index (Phi) is 7.35. The SMILES string of the molecule is O=C(COC(=O)Cc1c(F)cccc1Cl)Nc1ccc(SC(F)F)cc1. The summed E-state index contributed by atoms with van der Waals surface area (Å²) in [6, 6.07) is 9.77. The number of carbonyl (C=O) groups is 2. The van der Waals surface area contributed by atoms with Gasteiger partial charge in [-0.25, -0.2) is 4.39 Å². The average Bonchev–Trinajstić information content (AvgIpc) is 2.58. The molecule has 0 bridgehead atoms. The Morgan fingerprint density at radius 1 is 1.15 bits per heavy atom. The Balaban J connectivity index is 1.82. The number of anilines is 1. The number of alkyl halides is 2. The number of benzene rings is 2. The number of amides is 1. The van der Waals surface area contributed by atoms with Crippen molar-refractivity contribution in [1.29, 1.82) is 0 Å². The van der Waals surface area contributed by atoms with Gasteiger partial charge < -0.3 is 10.1 Å². The molecule has 0 saturated carbocycles. The summed E-state index contributed by atoms with van der Waals surface area (Å²) in [6.07, 6.45) is -0.404. The minimum Gasteiger partial charge on any atom is -0.455 e. The van der Waals surface area contributed by atoms with Gasteiger partial charge in [0.15, 0.2) is 6.61 Å². The van der Waals surface area contributed by atoms with Crippen LogP contribution in [-0.2, 0) is 20.7 Å². The molecule has 0 atom stereocenters. The van der Waals surface area contributed by atoms with Crippen LogP contribution in [0.25, 0.3) is 0 Å². The van der Waals surface area contributed by atoms with Crippen LogP contribution < -0.4 is 5.32 Å². The van der Waals surface area contributed by atoms with Gasteiger partial charge in [0.25, 0.3) is 11.7 Å². The molecule has 1 amide bonds. The van der Waals surface area contributed by atoms with Crippen LogP contribution in [0.3, 0.4) is 0 Å².